The predicted molar refractivity (Wildman–Crippen MR) is 97.7 cm³/mol. The molecule has 3 heterocycles. The van der Waals surface area contributed by atoms with Crippen molar-refractivity contribution in [3.8, 4) is 0 Å². The summed E-state index contributed by atoms with van der Waals surface area (Å²) in [5.74, 6) is 1.11. The van der Waals surface area contributed by atoms with Crippen LogP contribution in [0.25, 0.3) is 0 Å². The Bertz CT molecular complexity index is 647. The van der Waals surface area contributed by atoms with Crippen LogP contribution in [-0.4, -0.2) is 52.7 Å². The first-order valence-corrected chi connectivity index (χ1v) is 9.81. The molecule has 1 aliphatic carbocycles. The van der Waals surface area contributed by atoms with Gasteiger partial charge in [-0.1, -0.05) is 11.6 Å². The minimum absolute atomic E-state index is 0.181. The van der Waals surface area contributed by atoms with Gasteiger partial charge in [0.05, 0.1) is 16.5 Å². The highest BCUT2D eigenvalue weighted by atomic mass is 35.5. The summed E-state index contributed by atoms with van der Waals surface area (Å²) in [6, 6.07) is 4.01. The molecule has 1 aromatic heterocycles. The summed E-state index contributed by atoms with van der Waals surface area (Å²) in [7, 11) is 0. The molecule has 5 nitrogen and oxygen atoms in total. The summed E-state index contributed by atoms with van der Waals surface area (Å²) in [6.45, 7) is 2.47. The third-order valence-electron chi connectivity index (χ3n) is 6.27. The van der Waals surface area contributed by atoms with Gasteiger partial charge in [0.25, 0.3) is 0 Å². The van der Waals surface area contributed by atoms with Crippen molar-refractivity contribution in [2.75, 3.05) is 24.5 Å². The third kappa shape index (κ3) is 3.13. The number of aromatic nitrogens is 1. The monoisotopic (exact) mass is 363 g/mol. The SMILES string of the molecule is O=C1N([C@H]2CC[C@@H](O)CC2)CC[C@@]12CCCN(c1ncccc1Cl)C2. The van der Waals surface area contributed by atoms with Crippen molar-refractivity contribution in [3.05, 3.63) is 23.4 Å². The minimum atomic E-state index is -0.283. The molecule has 25 heavy (non-hydrogen) atoms. The molecule has 0 bridgehead atoms. The third-order valence-corrected chi connectivity index (χ3v) is 6.56. The zero-order chi connectivity index (χ0) is 17.4. The van der Waals surface area contributed by atoms with Gasteiger partial charge in [0, 0.05) is 31.9 Å². The Balaban J connectivity index is 1.50. The summed E-state index contributed by atoms with van der Waals surface area (Å²) in [5, 5.41) is 10.4. The van der Waals surface area contributed by atoms with Crippen molar-refractivity contribution >= 4 is 23.3 Å². The molecule has 0 unspecified atom stereocenters. The zero-order valence-corrected chi connectivity index (χ0v) is 15.3. The largest absolute Gasteiger partial charge is 0.393 e. The smallest absolute Gasteiger partial charge is 0.230 e. The maximum Gasteiger partial charge on any atom is 0.230 e. The van der Waals surface area contributed by atoms with Crippen LogP contribution in [0.1, 0.15) is 44.9 Å². The Labute approximate surface area is 154 Å². The number of nitrogens with zero attached hydrogens (tertiary/aromatic N) is 3. The highest BCUT2D eigenvalue weighted by molar-refractivity contribution is 6.32. The number of aliphatic hydroxyl groups is 1. The molecule has 3 aliphatic rings. The fourth-order valence-electron chi connectivity index (χ4n) is 4.87. The van der Waals surface area contributed by atoms with Gasteiger partial charge in [-0.2, -0.15) is 0 Å². The van der Waals surface area contributed by atoms with Crippen LogP contribution in [0.15, 0.2) is 18.3 Å². The molecule has 6 heteroatoms. The fourth-order valence-corrected chi connectivity index (χ4v) is 5.11. The summed E-state index contributed by atoms with van der Waals surface area (Å²) in [5.41, 5.74) is -0.283. The molecule has 1 amide bonds. The molecule has 1 aromatic rings. The first-order valence-electron chi connectivity index (χ1n) is 9.44. The second-order valence-electron chi connectivity index (χ2n) is 7.83. The second kappa shape index (κ2) is 6.76. The van der Waals surface area contributed by atoms with Crippen molar-refractivity contribution in [2.45, 2.75) is 57.1 Å². The summed E-state index contributed by atoms with van der Waals surface area (Å²) >= 11 is 6.33. The van der Waals surface area contributed by atoms with E-state index >= 15 is 0 Å². The van der Waals surface area contributed by atoms with E-state index in [4.69, 9.17) is 11.6 Å². The number of rotatable bonds is 2. The van der Waals surface area contributed by atoms with Gasteiger partial charge in [0.2, 0.25) is 5.91 Å². The van der Waals surface area contributed by atoms with E-state index in [1.54, 1.807) is 6.20 Å². The van der Waals surface area contributed by atoms with Gasteiger partial charge in [0.15, 0.2) is 0 Å². The molecule has 0 aromatic carbocycles. The number of piperidine rings is 1. The van der Waals surface area contributed by atoms with Crippen LogP contribution in [0.5, 0.6) is 0 Å². The molecule has 2 aliphatic heterocycles. The Morgan fingerprint density at radius 1 is 1.20 bits per heavy atom. The van der Waals surface area contributed by atoms with Crippen LogP contribution >= 0.6 is 11.6 Å². The van der Waals surface area contributed by atoms with Gasteiger partial charge in [-0.25, -0.2) is 4.98 Å². The van der Waals surface area contributed by atoms with E-state index in [-0.39, 0.29) is 11.5 Å². The number of hydrogen-bond donors (Lipinski definition) is 1. The normalized spacial score (nSPS) is 33.3. The Hall–Kier alpha value is -1.33. The number of halogens is 1. The van der Waals surface area contributed by atoms with Crippen LogP contribution in [0, 0.1) is 5.41 Å². The molecule has 4 rings (SSSR count). The topological polar surface area (TPSA) is 56.7 Å². The van der Waals surface area contributed by atoms with Crippen molar-refractivity contribution < 1.29 is 9.90 Å². The van der Waals surface area contributed by atoms with Crippen molar-refractivity contribution in [2.24, 2.45) is 5.41 Å². The van der Waals surface area contributed by atoms with E-state index in [2.05, 4.69) is 14.8 Å². The molecule has 1 saturated carbocycles. The molecule has 3 fully saturated rings. The quantitative estimate of drug-likeness (QED) is 0.877. The lowest BCUT2D eigenvalue weighted by molar-refractivity contribution is -0.139. The Kier molecular flexibility index (Phi) is 4.63. The van der Waals surface area contributed by atoms with Gasteiger partial charge < -0.3 is 14.9 Å². The summed E-state index contributed by atoms with van der Waals surface area (Å²) < 4.78 is 0. The van der Waals surface area contributed by atoms with E-state index < -0.39 is 0 Å². The number of pyridine rings is 1. The minimum Gasteiger partial charge on any atom is -0.393 e. The first-order chi connectivity index (χ1) is 12.1. The lowest BCUT2D eigenvalue weighted by atomic mass is 9.78. The standard InChI is InChI=1S/C19H26ClN3O2/c20-16-3-1-10-21-17(16)22-11-2-8-19(13-22)9-12-23(18(19)25)14-4-6-15(24)7-5-14/h1,3,10,14-15,24H,2,4-9,11-13H2/t14-,15+,19-/m1/s1. The molecule has 2 saturated heterocycles. The average molecular weight is 364 g/mol. The second-order valence-corrected chi connectivity index (χ2v) is 8.23. The molecule has 136 valence electrons. The van der Waals surface area contributed by atoms with Crippen LogP contribution in [0.3, 0.4) is 0 Å². The van der Waals surface area contributed by atoms with Crippen molar-refractivity contribution in [1.82, 2.24) is 9.88 Å². The zero-order valence-electron chi connectivity index (χ0n) is 14.5. The number of aliphatic hydroxyl groups excluding tert-OH is 1. The van der Waals surface area contributed by atoms with Gasteiger partial charge in [-0.3, -0.25) is 4.79 Å². The van der Waals surface area contributed by atoms with Crippen molar-refractivity contribution in [3.63, 3.8) is 0 Å². The highest BCUT2D eigenvalue weighted by Gasteiger charge is 2.50. The number of carbonyl (C=O) groups is 1. The van der Waals surface area contributed by atoms with E-state index in [9.17, 15) is 9.90 Å². The molecule has 1 N–H and O–H groups in total. The first kappa shape index (κ1) is 17.1. The maximum atomic E-state index is 13.3. The lowest BCUT2D eigenvalue weighted by Gasteiger charge is -2.41. The summed E-state index contributed by atoms with van der Waals surface area (Å²) in [4.78, 5) is 22.0. The number of hydrogen-bond acceptors (Lipinski definition) is 4. The van der Waals surface area contributed by atoms with Gasteiger partial charge in [-0.15, -0.1) is 0 Å². The van der Waals surface area contributed by atoms with Crippen LogP contribution in [0.4, 0.5) is 5.82 Å². The van der Waals surface area contributed by atoms with E-state index in [1.807, 2.05) is 12.1 Å². The molecule has 1 spiro atoms. The molecular weight excluding hydrogens is 338 g/mol. The maximum absolute atomic E-state index is 13.3. The number of anilines is 1. The van der Waals surface area contributed by atoms with E-state index in [0.717, 1.165) is 63.9 Å². The number of amides is 1. The highest BCUT2D eigenvalue weighted by Crippen LogP contribution is 2.43. The van der Waals surface area contributed by atoms with Crippen LogP contribution < -0.4 is 4.90 Å². The van der Waals surface area contributed by atoms with Crippen LogP contribution in [0.2, 0.25) is 5.02 Å². The fraction of sp³-hybridized carbons (Fsp3) is 0.684. The molecule has 0 radical (unpaired) electrons. The molecule has 1 atom stereocenters. The number of carbonyl (C=O) groups excluding carboxylic acids is 1. The Morgan fingerprint density at radius 3 is 2.76 bits per heavy atom. The van der Waals surface area contributed by atoms with Crippen molar-refractivity contribution in [1.29, 1.82) is 0 Å². The van der Waals surface area contributed by atoms with Gasteiger partial charge in [-0.05, 0) is 57.1 Å². The summed E-state index contributed by atoms with van der Waals surface area (Å²) in [6.07, 6.45) is 7.95. The molecular formula is C19H26ClN3O2. The van der Waals surface area contributed by atoms with E-state index in [1.165, 1.54) is 0 Å². The van der Waals surface area contributed by atoms with Crippen LogP contribution in [-0.2, 0) is 4.79 Å². The number of likely N-dealkylation sites (tertiary alicyclic amines) is 1. The Morgan fingerprint density at radius 2 is 2.00 bits per heavy atom. The van der Waals surface area contributed by atoms with E-state index in [0.29, 0.717) is 23.5 Å². The predicted octanol–water partition coefficient (Wildman–Crippen LogP) is 2.86. The average Bonchev–Trinajstić information content (AvgIpc) is 2.92. The van der Waals surface area contributed by atoms with Gasteiger partial charge >= 0.3 is 0 Å². The lowest BCUT2D eigenvalue weighted by Crippen LogP contribution is -2.50. The van der Waals surface area contributed by atoms with Gasteiger partial charge in [0.1, 0.15) is 5.82 Å².